The first-order valence-electron chi connectivity index (χ1n) is 10.2. The van der Waals surface area contributed by atoms with Crippen LogP contribution in [0.1, 0.15) is 17.2 Å². The highest BCUT2D eigenvalue weighted by Crippen LogP contribution is 2.28. The van der Waals surface area contributed by atoms with Gasteiger partial charge in [-0.2, -0.15) is 5.26 Å². The minimum Gasteiger partial charge on any atom is -0.493 e. The van der Waals surface area contributed by atoms with Crippen molar-refractivity contribution in [2.45, 2.75) is 12.5 Å². The van der Waals surface area contributed by atoms with Gasteiger partial charge in [0.25, 0.3) is 5.91 Å². The highest BCUT2D eigenvalue weighted by molar-refractivity contribution is 7.13. The molecule has 1 N–H and O–H groups in total. The Balaban J connectivity index is 1.62. The fraction of sp³-hybridized carbons (Fsp3) is 0.240. The van der Waals surface area contributed by atoms with E-state index in [4.69, 9.17) is 25.9 Å². The van der Waals surface area contributed by atoms with Crippen LogP contribution in [0.2, 0.25) is 0 Å². The third kappa shape index (κ3) is 6.56. The molecule has 0 bridgehead atoms. The van der Waals surface area contributed by atoms with Gasteiger partial charge in [-0.1, -0.05) is 36.3 Å². The zero-order chi connectivity index (χ0) is 23.5. The monoisotopic (exact) mass is 461 g/mol. The van der Waals surface area contributed by atoms with Crippen molar-refractivity contribution in [1.29, 1.82) is 5.26 Å². The summed E-state index contributed by atoms with van der Waals surface area (Å²) in [5, 5.41) is 14.4. The van der Waals surface area contributed by atoms with Crippen molar-refractivity contribution in [3.05, 3.63) is 65.2 Å². The van der Waals surface area contributed by atoms with Gasteiger partial charge in [-0.15, -0.1) is 17.8 Å². The predicted octanol–water partition coefficient (Wildman–Crippen LogP) is 3.77. The molecule has 1 heterocycles. The maximum absolute atomic E-state index is 12.9. The molecule has 33 heavy (non-hydrogen) atoms. The molecule has 0 spiro atoms. The summed E-state index contributed by atoms with van der Waals surface area (Å²) in [7, 11) is 1.54. The number of terminal acetylenes is 1. The first-order valence-corrected chi connectivity index (χ1v) is 11.0. The van der Waals surface area contributed by atoms with Crippen molar-refractivity contribution in [3.63, 3.8) is 0 Å². The van der Waals surface area contributed by atoms with Crippen LogP contribution in [0.5, 0.6) is 11.5 Å². The van der Waals surface area contributed by atoms with E-state index in [1.165, 1.54) is 7.11 Å². The summed E-state index contributed by atoms with van der Waals surface area (Å²) in [6, 6.07) is 14.9. The van der Waals surface area contributed by atoms with Crippen LogP contribution >= 0.6 is 11.3 Å². The third-order valence-electron chi connectivity index (χ3n) is 4.70. The molecule has 1 amide bonds. The smallest absolute Gasteiger partial charge is 0.253 e. The molecule has 3 rings (SSSR count). The number of nitrogens with zero attached hydrogens (tertiary/aromatic N) is 2. The minimum absolute atomic E-state index is 0.0215. The Labute approximate surface area is 196 Å². The molecule has 3 aromatic rings. The normalized spacial score (nSPS) is 11.1. The molecular formula is C25H23N3O4S. The summed E-state index contributed by atoms with van der Waals surface area (Å²) in [6.45, 7) is 0.358. The predicted molar refractivity (Wildman–Crippen MR) is 126 cm³/mol. The Morgan fingerprint density at radius 1 is 1.21 bits per heavy atom. The van der Waals surface area contributed by atoms with Gasteiger partial charge in [0.05, 0.1) is 7.11 Å². The number of carbonyl (C=O) groups excluding carboxylic acids is 1. The Morgan fingerprint density at radius 3 is 2.70 bits per heavy atom. The Morgan fingerprint density at radius 2 is 2.03 bits per heavy atom. The van der Waals surface area contributed by atoms with Crippen LogP contribution in [0.15, 0.2) is 54.0 Å². The minimum atomic E-state index is -0.817. The van der Waals surface area contributed by atoms with Crippen molar-refractivity contribution >= 4 is 17.2 Å². The highest BCUT2D eigenvalue weighted by Gasteiger charge is 2.21. The van der Waals surface area contributed by atoms with Crippen LogP contribution in [0, 0.1) is 23.7 Å². The van der Waals surface area contributed by atoms with Crippen molar-refractivity contribution in [2.24, 2.45) is 0 Å². The first kappa shape index (κ1) is 23.8. The summed E-state index contributed by atoms with van der Waals surface area (Å²) < 4.78 is 16.3. The number of rotatable bonds is 11. The molecule has 1 aromatic heterocycles. The fourth-order valence-electron chi connectivity index (χ4n) is 3.14. The average molecular weight is 462 g/mol. The van der Waals surface area contributed by atoms with Crippen molar-refractivity contribution in [2.75, 3.05) is 26.9 Å². The van der Waals surface area contributed by atoms with Crippen LogP contribution in [0.4, 0.5) is 0 Å². The summed E-state index contributed by atoms with van der Waals surface area (Å²) in [5.41, 5.74) is 2.63. The molecule has 2 aromatic carbocycles. The Kier molecular flexibility index (Phi) is 8.84. The zero-order valence-electron chi connectivity index (χ0n) is 18.1. The number of benzene rings is 2. The average Bonchev–Trinajstić information content (AvgIpc) is 3.39. The number of carbonyl (C=O) groups is 1. The number of thiazole rings is 1. The SMILES string of the molecule is C#CCOC(C(=O)NCCc1ccc(OCC#N)c(OC)c1)c1ccc(-c2nccs2)cc1. The third-order valence-corrected chi connectivity index (χ3v) is 5.52. The second-order valence-electron chi connectivity index (χ2n) is 6.83. The van der Waals surface area contributed by atoms with Crippen LogP contribution in [0.25, 0.3) is 10.6 Å². The molecule has 8 heteroatoms. The van der Waals surface area contributed by atoms with E-state index in [9.17, 15) is 4.79 Å². The standard InChI is InChI=1S/C25H23N3O4S/c1-3-14-32-23(19-5-7-20(8-6-19)25-28-13-16-33-25)24(29)27-12-10-18-4-9-21(31-15-11-26)22(17-18)30-2/h1,4-9,13,16-17,23H,10,12,14-15H2,2H3,(H,27,29). The van der Waals surface area contributed by atoms with Crippen LogP contribution in [-0.4, -0.2) is 37.8 Å². The molecule has 0 saturated carbocycles. The van der Waals surface area contributed by atoms with E-state index in [1.807, 2.05) is 47.8 Å². The number of nitrogens with one attached hydrogen (secondary N) is 1. The summed E-state index contributed by atoms with van der Waals surface area (Å²) >= 11 is 1.55. The largest absolute Gasteiger partial charge is 0.493 e. The van der Waals surface area contributed by atoms with Gasteiger partial charge in [-0.05, 0) is 29.7 Å². The van der Waals surface area contributed by atoms with E-state index in [2.05, 4.69) is 16.2 Å². The van der Waals surface area contributed by atoms with Gasteiger partial charge >= 0.3 is 0 Å². The van der Waals surface area contributed by atoms with Crippen LogP contribution < -0.4 is 14.8 Å². The lowest BCUT2D eigenvalue weighted by molar-refractivity contribution is -0.132. The van der Waals surface area contributed by atoms with E-state index >= 15 is 0 Å². The molecule has 0 saturated heterocycles. The van der Waals surface area contributed by atoms with Gasteiger partial charge in [-0.25, -0.2) is 4.98 Å². The maximum Gasteiger partial charge on any atom is 0.253 e. The molecule has 7 nitrogen and oxygen atoms in total. The lowest BCUT2D eigenvalue weighted by Gasteiger charge is -2.17. The summed E-state index contributed by atoms with van der Waals surface area (Å²) in [5.74, 6) is 3.17. The number of nitriles is 1. The zero-order valence-corrected chi connectivity index (χ0v) is 18.9. The number of hydrogen-bond donors (Lipinski definition) is 1. The Bertz CT molecular complexity index is 1130. The van der Waals surface area contributed by atoms with Crippen molar-refractivity contribution in [1.82, 2.24) is 10.3 Å². The molecule has 0 fully saturated rings. The van der Waals surface area contributed by atoms with Crippen LogP contribution in [0.3, 0.4) is 0 Å². The Hall–Kier alpha value is -3.85. The van der Waals surface area contributed by atoms with E-state index in [-0.39, 0.29) is 19.1 Å². The van der Waals surface area contributed by atoms with E-state index < -0.39 is 6.10 Å². The van der Waals surface area contributed by atoms with Gasteiger partial charge in [0.1, 0.15) is 17.7 Å². The van der Waals surface area contributed by atoms with E-state index in [0.717, 1.165) is 16.1 Å². The molecule has 0 aliphatic heterocycles. The van der Waals surface area contributed by atoms with Crippen molar-refractivity contribution in [3.8, 4) is 40.5 Å². The van der Waals surface area contributed by atoms with E-state index in [1.54, 1.807) is 23.6 Å². The van der Waals surface area contributed by atoms with Crippen LogP contribution in [-0.2, 0) is 16.0 Å². The quantitative estimate of drug-likeness (QED) is 0.437. The number of methoxy groups -OCH3 is 1. The number of hydrogen-bond acceptors (Lipinski definition) is 7. The second kappa shape index (κ2) is 12.3. The summed E-state index contributed by atoms with van der Waals surface area (Å²) in [6.07, 6.45) is 6.85. The molecule has 0 radical (unpaired) electrons. The molecule has 1 unspecified atom stereocenters. The molecule has 1 atom stereocenters. The van der Waals surface area contributed by atoms with E-state index in [0.29, 0.717) is 30.0 Å². The highest BCUT2D eigenvalue weighted by atomic mass is 32.1. The van der Waals surface area contributed by atoms with Gasteiger partial charge in [0, 0.05) is 23.7 Å². The molecular weight excluding hydrogens is 438 g/mol. The van der Waals surface area contributed by atoms with Gasteiger partial charge in [0.15, 0.2) is 24.2 Å². The lowest BCUT2D eigenvalue weighted by atomic mass is 10.1. The molecule has 168 valence electrons. The molecule has 0 aliphatic carbocycles. The van der Waals surface area contributed by atoms with Crippen molar-refractivity contribution < 1.29 is 19.0 Å². The van der Waals surface area contributed by atoms with Gasteiger partial charge in [-0.3, -0.25) is 4.79 Å². The van der Waals surface area contributed by atoms with Gasteiger partial charge in [0.2, 0.25) is 0 Å². The first-order chi connectivity index (χ1) is 16.2. The number of amides is 1. The number of ether oxygens (including phenoxy) is 3. The number of aromatic nitrogens is 1. The topological polar surface area (TPSA) is 93.5 Å². The lowest BCUT2D eigenvalue weighted by Crippen LogP contribution is -2.32. The fourth-order valence-corrected chi connectivity index (χ4v) is 3.79. The maximum atomic E-state index is 12.9. The molecule has 0 aliphatic rings. The van der Waals surface area contributed by atoms with Gasteiger partial charge < -0.3 is 19.5 Å². The summed E-state index contributed by atoms with van der Waals surface area (Å²) in [4.78, 5) is 17.2. The second-order valence-corrected chi connectivity index (χ2v) is 7.72.